The number of hydrogen-bond donors (Lipinski definition) is 1. The van der Waals surface area contributed by atoms with Gasteiger partial charge in [-0.15, -0.1) is 0 Å². The maximum atomic E-state index is 12.9. The van der Waals surface area contributed by atoms with Crippen molar-refractivity contribution >= 4 is 5.91 Å². The second kappa shape index (κ2) is 7.25. The first-order valence-corrected chi connectivity index (χ1v) is 8.23. The minimum absolute atomic E-state index is 0.110. The molecule has 1 amide bonds. The van der Waals surface area contributed by atoms with Crippen LogP contribution in [0.5, 0.6) is 0 Å². The van der Waals surface area contributed by atoms with Gasteiger partial charge in [-0.1, -0.05) is 12.5 Å². The predicted octanol–water partition coefficient (Wildman–Crippen LogP) is 3.25. The van der Waals surface area contributed by atoms with E-state index in [1.807, 2.05) is 6.07 Å². The van der Waals surface area contributed by atoms with Crippen molar-refractivity contribution in [3.63, 3.8) is 0 Å². The Morgan fingerprint density at radius 1 is 1.28 bits per heavy atom. The van der Waals surface area contributed by atoms with E-state index in [-0.39, 0.29) is 25.3 Å². The summed E-state index contributed by atoms with van der Waals surface area (Å²) in [7, 11) is 0. The molecule has 0 spiro atoms. The predicted molar refractivity (Wildman–Crippen MR) is 84.7 cm³/mol. The van der Waals surface area contributed by atoms with E-state index in [0.717, 1.165) is 5.56 Å². The van der Waals surface area contributed by atoms with Crippen molar-refractivity contribution in [3.8, 4) is 5.82 Å². The zero-order valence-corrected chi connectivity index (χ0v) is 13.5. The van der Waals surface area contributed by atoms with Crippen molar-refractivity contribution in [3.05, 3.63) is 42.4 Å². The molecule has 0 saturated heterocycles. The van der Waals surface area contributed by atoms with E-state index in [1.165, 1.54) is 0 Å². The fourth-order valence-corrected chi connectivity index (χ4v) is 3.22. The van der Waals surface area contributed by atoms with E-state index in [2.05, 4.69) is 15.4 Å². The summed E-state index contributed by atoms with van der Waals surface area (Å²) >= 11 is 0. The maximum absolute atomic E-state index is 12.9. The summed E-state index contributed by atoms with van der Waals surface area (Å²) in [4.78, 5) is 16.6. The fraction of sp³-hybridized carbons (Fsp3) is 0.471. The molecule has 5 nitrogen and oxygen atoms in total. The lowest BCUT2D eigenvalue weighted by Crippen LogP contribution is -2.37. The number of nitrogens with zero attached hydrogens (tertiary/aromatic N) is 3. The first-order chi connectivity index (χ1) is 11.9. The molecule has 1 saturated carbocycles. The van der Waals surface area contributed by atoms with Crippen molar-refractivity contribution in [2.24, 2.45) is 11.8 Å². The highest BCUT2D eigenvalue weighted by Crippen LogP contribution is 2.39. The quantitative estimate of drug-likeness (QED) is 0.919. The van der Waals surface area contributed by atoms with Crippen LogP contribution in [0.1, 0.15) is 31.2 Å². The monoisotopic (exact) mass is 352 g/mol. The van der Waals surface area contributed by atoms with Gasteiger partial charge in [0.15, 0.2) is 5.82 Å². The van der Waals surface area contributed by atoms with E-state index >= 15 is 0 Å². The Morgan fingerprint density at radius 2 is 2.12 bits per heavy atom. The largest absolute Gasteiger partial charge is 0.391 e. The van der Waals surface area contributed by atoms with Gasteiger partial charge in [-0.25, -0.2) is 9.67 Å². The van der Waals surface area contributed by atoms with Gasteiger partial charge in [0, 0.05) is 36.6 Å². The van der Waals surface area contributed by atoms with E-state index in [9.17, 15) is 18.0 Å². The number of nitrogens with one attached hydrogen (secondary N) is 1. The van der Waals surface area contributed by atoms with Crippen LogP contribution in [0.2, 0.25) is 0 Å². The van der Waals surface area contributed by atoms with Gasteiger partial charge in [0.2, 0.25) is 5.91 Å². The third-order valence-corrected chi connectivity index (χ3v) is 4.55. The molecule has 0 unspecified atom stereocenters. The molecule has 0 aromatic carbocycles. The van der Waals surface area contributed by atoms with Crippen LogP contribution in [0.25, 0.3) is 5.82 Å². The van der Waals surface area contributed by atoms with Crippen molar-refractivity contribution in [1.29, 1.82) is 0 Å². The number of carbonyl (C=O) groups is 1. The third kappa shape index (κ3) is 4.18. The molecule has 1 aliphatic rings. The summed E-state index contributed by atoms with van der Waals surface area (Å²) in [6.07, 6.45) is 1.66. The average molecular weight is 352 g/mol. The minimum Gasteiger partial charge on any atom is -0.352 e. The van der Waals surface area contributed by atoms with Crippen LogP contribution in [-0.2, 0) is 11.3 Å². The van der Waals surface area contributed by atoms with Crippen molar-refractivity contribution in [2.75, 3.05) is 0 Å². The van der Waals surface area contributed by atoms with Crippen LogP contribution in [0.15, 0.2) is 36.8 Å². The molecule has 2 atom stereocenters. The molecule has 2 aromatic heterocycles. The number of aromatic nitrogens is 3. The topological polar surface area (TPSA) is 59.8 Å². The Kier molecular flexibility index (Phi) is 5.06. The van der Waals surface area contributed by atoms with Gasteiger partial charge < -0.3 is 5.32 Å². The molecule has 25 heavy (non-hydrogen) atoms. The SMILES string of the molecule is O=C(NCc1cccnc1-n1cccn1)[C@@H]1CCC[C@@H](C(F)(F)F)C1. The summed E-state index contributed by atoms with van der Waals surface area (Å²) < 4.78 is 40.3. The number of amides is 1. The Morgan fingerprint density at radius 3 is 2.84 bits per heavy atom. The van der Waals surface area contributed by atoms with Crippen LogP contribution >= 0.6 is 0 Å². The number of rotatable bonds is 4. The number of hydrogen-bond acceptors (Lipinski definition) is 3. The molecule has 0 radical (unpaired) electrons. The summed E-state index contributed by atoms with van der Waals surface area (Å²) in [5, 5.41) is 6.87. The highest BCUT2D eigenvalue weighted by atomic mass is 19.4. The molecule has 8 heteroatoms. The highest BCUT2D eigenvalue weighted by molar-refractivity contribution is 5.78. The number of alkyl halides is 3. The molecule has 3 rings (SSSR count). The van der Waals surface area contributed by atoms with E-state index in [4.69, 9.17) is 0 Å². The summed E-state index contributed by atoms with van der Waals surface area (Å²) in [5.74, 6) is -1.71. The van der Waals surface area contributed by atoms with E-state index < -0.39 is 18.0 Å². The second-order valence-electron chi connectivity index (χ2n) is 6.26. The Balaban J connectivity index is 1.63. The Labute approximate surface area is 143 Å². The van der Waals surface area contributed by atoms with Crippen LogP contribution in [0.3, 0.4) is 0 Å². The molecular formula is C17H19F3N4O. The van der Waals surface area contributed by atoms with E-state index in [0.29, 0.717) is 18.7 Å². The smallest absolute Gasteiger partial charge is 0.352 e. The first-order valence-electron chi connectivity index (χ1n) is 8.23. The van der Waals surface area contributed by atoms with Gasteiger partial charge in [0.05, 0.1) is 5.92 Å². The highest BCUT2D eigenvalue weighted by Gasteiger charge is 2.43. The van der Waals surface area contributed by atoms with Crippen LogP contribution in [0.4, 0.5) is 13.2 Å². The van der Waals surface area contributed by atoms with Crippen LogP contribution in [0, 0.1) is 11.8 Å². The molecule has 134 valence electrons. The number of halogens is 3. The molecule has 0 bridgehead atoms. The summed E-state index contributed by atoms with van der Waals surface area (Å²) in [6, 6.07) is 5.31. The van der Waals surface area contributed by atoms with Gasteiger partial charge in [-0.05, 0) is 31.4 Å². The molecular weight excluding hydrogens is 333 g/mol. The van der Waals surface area contributed by atoms with Gasteiger partial charge in [0.25, 0.3) is 0 Å². The Bertz CT molecular complexity index is 715. The molecule has 2 aromatic rings. The van der Waals surface area contributed by atoms with Crippen molar-refractivity contribution in [2.45, 2.75) is 38.4 Å². The number of pyridine rings is 1. The molecule has 1 fully saturated rings. The number of carbonyl (C=O) groups excluding carboxylic acids is 1. The second-order valence-corrected chi connectivity index (χ2v) is 6.26. The minimum atomic E-state index is -4.23. The molecule has 2 heterocycles. The zero-order chi connectivity index (χ0) is 17.9. The van der Waals surface area contributed by atoms with Crippen LogP contribution in [-0.4, -0.2) is 26.8 Å². The lowest BCUT2D eigenvalue weighted by molar-refractivity contribution is -0.186. The van der Waals surface area contributed by atoms with Gasteiger partial charge >= 0.3 is 6.18 Å². The molecule has 1 N–H and O–H groups in total. The zero-order valence-electron chi connectivity index (χ0n) is 13.5. The van der Waals surface area contributed by atoms with Crippen LogP contribution < -0.4 is 5.32 Å². The van der Waals surface area contributed by atoms with Crippen molar-refractivity contribution < 1.29 is 18.0 Å². The van der Waals surface area contributed by atoms with Crippen molar-refractivity contribution in [1.82, 2.24) is 20.1 Å². The molecule has 1 aliphatic carbocycles. The molecule has 0 aliphatic heterocycles. The standard InChI is InChI=1S/C17H19F3N4O/c18-17(19,20)14-6-1-4-12(10-14)16(25)22-11-13-5-2-7-21-15(13)24-9-3-8-23-24/h2-3,5,7-9,12,14H,1,4,6,10-11H2,(H,22,25)/t12-,14-/m1/s1. The summed E-state index contributed by atoms with van der Waals surface area (Å²) in [6.45, 7) is 0.203. The fourth-order valence-electron chi connectivity index (χ4n) is 3.22. The summed E-state index contributed by atoms with van der Waals surface area (Å²) in [5.41, 5.74) is 0.753. The van der Waals surface area contributed by atoms with Gasteiger partial charge in [0.1, 0.15) is 0 Å². The maximum Gasteiger partial charge on any atom is 0.391 e. The Hall–Kier alpha value is -2.38. The van der Waals surface area contributed by atoms with Gasteiger partial charge in [-0.2, -0.15) is 18.3 Å². The third-order valence-electron chi connectivity index (χ3n) is 4.55. The average Bonchev–Trinajstić information content (AvgIpc) is 3.14. The van der Waals surface area contributed by atoms with E-state index in [1.54, 1.807) is 35.4 Å². The lowest BCUT2D eigenvalue weighted by Gasteiger charge is -2.29. The lowest BCUT2D eigenvalue weighted by atomic mass is 9.80. The first kappa shape index (κ1) is 17.4. The normalized spacial score (nSPS) is 21.1. The van der Waals surface area contributed by atoms with Gasteiger partial charge in [-0.3, -0.25) is 4.79 Å².